The second-order valence-electron chi connectivity index (χ2n) is 6.12. The summed E-state index contributed by atoms with van der Waals surface area (Å²) in [4.78, 5) is 0. The highest BCUT2D eigenvalue weighted by molar-refractivity contribution is 5.46. The molecule has 1 rings (SSSR count). The lowest BCUT2D eigenvalue weighted by Crippen LogP contribution is -2.23. The zero-order chi connectivity index (χ0) is 13.7. The molecule has 1 N–H and O–H groups in total. The van der Waals surface area contributed by atoms with Crippen molar-refractivity contribution in [3.05, 3.63) is 29.6 Å². The molecule has 0 aliphatic rings. The number of nitrogens with one attached hydrogen (secondary N) is 1. The highest BCUT2D eigenvalue weighted by Crippen LogP contribution is 2.20. The minimum absolute atomic E-state index is 0.162. The van der Waals surface area contributed by atoms with Crippen molar-refractivity contribution in [3.8, 4) is 0 Å². The van der Waals surface area contributed by atoms with Gasteiger partial charge in [-0.25, -0.2) is 4.39 Å². The molecular formula is C16H26FN. The SMILES string of the molecule is Cc1cc(F)cc(NC(CC(C)C)CC(C)C)c1. The standard InChI is InChI=1S/C16H26FN/c1-11(2)6-15(7-12(3)4)18-16-9-13(5)8-14(17)10-16/h8-12,15,18H,6-7H2,1-5H3. The van der Waals surface area contributed by atoms with Gasteiger partial charge in [-0.2, -0.15) is 0 Å². The Labute approximate surface area is 111 Å². The van der Waals surface area contributed by atoms with E-state index in [0.29, 0.717) is 17.9 Å². The van der Waals surface area contributed by atoms with Crippen LogP contribution in [0.15, 0.2) is 18.2 Å². The second kappa shape index (κ2) is 6.77. The summed E-state index contributed by atoms with van der Waals surface area (Å²) in [6.07, 6.45) is 2.24. The van der Waals surface area contributed by atoms with E-state index in [9.17, 15) is 4.39 Å². The molecule has 0 radical (unpaired) electrons. The van der Waals surface area contributed by atoms with Crippen molar-refractivity contribution in [1.29, 1.82) is 0 Å². The van der Waals surface area contributed by atoms with Crippen molar-refractivity contribution in [2.24, 2.45) is 11.8 Å². The van der Waals surface area contributed by atoms with Gasteiger partial charge in [0.2, 0.25) is 0 Å². The molecule has 2 heteroatoms. The van der Waals surface area contributed by atoms with E-state index in [4.69, 9.17) is 0 Å². The maximum atomic E-state index is 13.4. The Hall–Kier alpha value is -1.05. The van der Waals surface area contributed by atoms with Crippen molar-refractivity contribution in [2.75, 3.05) is 5.32 Å². The highest BCUT2D eigenvalue weighted by atomic mass is 19.1. The minimum atomic E-state index is -0.162. The Morgan fingerprint density at radius 1 is 1.00 bits per heavy atom. The van der Waals surface area contributed by atoms with Gasteiger partial charge in [-0.1, -0.05) is 27.7 Å². The first-order valence-corrected chi connectivity index (χ1v) is 6.90. The monoisotopic (exact) mass is 251 g/mol. The van der Waals surface area contributed by atoms with Crippen LogP contribution < -0.4 is 5.32 Å². The van der Waals surface area contributed by atoms with Gasteiger partial charge in [-0.3, -0.25) is 0 Å². The highest BCUT2D eigenvalue weighted by Gasteiger charge is 2.13. The summed E-state index contributed by atoms with van der Waals surface area (Å²) in [7, 11) is 0. The van der Waals surface area contributed by atoms with E-state index in [2.05, 4.69) is 33.0 Å². The topological polar surface area (TPSA) is 12.0 Å². The molecule has 102 valence electrons. The lowest BCUT2D eigenvalue weighted by Gasteiger charge is -2.23. The molecule has 0 saturated carbocycles. The number of benzene rings is 1. The lowest BCUT2D eigenvalue weighted by molar-refractivity contribution is 0.442. The van der Waals surface area contributed by atoms with Crippen LogP contribution in [0.4, 0.5) is 10.1 Å². The van der Waals surface area contributed by atoms with Gasteiger partial charge in [0.1, 0.15) is 5.82 Å². The molecule has 0 fully saturated rings. The summed E-state index contributed by atoms with van der Waals surface area (Å²) >= 11 is 0. The minimum Gasteiger partial charge on any atom is -0.382 e. The molecule has 1 aromatic carbocycles. The van der Waals surface area contributed by atoms with Crippen LogP contribution in [0.2, 0.25) is 0 Å². The molecule has 0 aliphatic carbocycles. The molecule has 0 saturated heterocycles. The Kier molecular flexibility index (Phi) is 5.64. The predicted octanol–water partition coefficient (Wildman–Crippen LogP) is 5.01. The lowest BCUT2D eigenvalue weighted by atomic mass is 9.95. The average Bonchev–Trinajstić information content (AvgIpc) is 2.12. The zero-order valence-corrected chi connectivity index (χ0v) is 12.3. The molecule has 0 amide bonds. The predicted molar refractivity (Wildman–Crippen MR) is 77.5 cm³/mol. The van der Waals surface area contributed by atoms with Crippen LogP contribution in [0.25, 0.3) is 0 Å². The normalized spacial score (nSPS) is 11.6. The van der Waals surface area contributed by atoms with E-state index in [1.165, 1.54) is 0 Å². The molecule has 0 spiro atoms. The largest absolute Gasteiger partial charge is 0.382 e. The molecule has 18 heavy (non-hydrogen) atoms. The molecule has 0 aliphatic heterocycles. The Morgan fingerprint density at radius 2 is 1.56 bits per heavy atom. The first-order chi connectivity index (χ1) is 8.36. The van der Waals surface area contributed by atoms with Gasteiger partial charge in [-0.15, -0.1) is 0 Å². The van der Waals surface area contributed by atoms with Crippen LogP contribution in [0.1, 0.15) is 46.1 Å². The molecule has 0 atom stereocenters. The number of hydrogen-bond acceptors (Lipinski definition) is 1. The smallest absolute Gasteiger partial charge is 0.125 e. The average molecular weight is 251 g/mol. The first kappa shape index (κ1) is 15.0. The molecule has 1 aromatic rings. The van der Waals surface area contributed by atoms with E-state index >= 15 is 0 Å². The van der Waals surface area contributed by atoms with Crippen LogP contribution in [0, 0.1) is 24.6 Å². The number of aryl methyl sites for hydroxylation is 1. The van der Waals surface area contributed by atoms with Gasteiger partial charge in [0.15, 0.2) is 0 Å². The number of anilines is 1. The Morgan fingerprint density at radius 3 is 2.00 bits per heavy atom. The van der Waals surface area contributed by atoms with Crippen LogP contribution in [0.3, 0.4) is 0 Å². The van der Waals surface area contributed by atoms with Gasteiger partial charge < -0.3 is 5.32 Å². The molecule has 1 nitrogen and oxygen atoms in total. The maximum absolute atomic E-state index is 13.4. The summed E-state index contributed by atoms with van der Waals surface area (Å²) in [6, 6.07) is 5.58. The number of rotatable bonds is 6. The van der Waals surface area contributed by atoms with Crippen molar-refractivity contribution in [1.82, 2.24) is 0 Å². The fourth-order valence-corrected chi connectivity index (χ4v) is 2.41. The van der Waals surface area contributed by atoms with E-state index in [-0.39, 0.29) is 5.82 Å². The third kappa shape index (κ3) is 5.52. The zero-order valence-electron chi connectivity index (χ0n) is 12.3. The summed E-state index contributed by atoms with van der Waals surface area (Å²) in [5.41, 5.74) is 1.86. The van der Waals surface area contributed by atoms with Crippen LogP contribution in [-0.4, -0.2) is 6.04 Å². The fourth-order valence-electron chi connectivity index (χ4n) is 2.41. The Balaban J connectivity index is 2.74. The summed E-state index contributed by atoms with van der Waals surface area (Å²) in [6.45, 7) is 10.8. The van der Waals surface area contributed by atoms with Gasteiger partial charge in [0.05, 0.1) is 0 Å². The van der Waals surface area contributed by atoms with Crippen LogP contribution in [-0.2, 0) is 0 Å². The van der Waals surface area contributed by atoms with Gasteiger partial charge in [0.25, 0.3) is 0 Å². The summed E-state index contributed by atoms with van der Waals surface area (Å²) < 4.78 is 13.4. The first-order valence-electron chi connectivity index (χ1n) is 6.90. The van der Waals surface area contributed by atoms with Crippen molar-refractivity contribution in [3.63, 3.8) is 0 Å². The molecule has 0 unspecified atom stereocenters. The van der Waals surface area contributed by atoms with Gasteiger partial charge in [0, 0.05) is 11.7 Å². The van der Waals surface area contributed by atoms with Gasteiger partial charge in [-0.05, 0) is 55.4 Å². The molecule has 0 bridgehead atoms. The van der Waals surface area contributed by atoms with E-state index in [1.54, 1.807) is 12.1 Å². The van der Waals surface area contributed by atoms with Crippen molar-refractivity contribution in [2.45, 2.75) is 53.5 Å². The van der Waals surface area contributed by atoms with E-state index in [0.717, 1.165) is 24.1 Å². The molecular weight excluding hydrogens is 225 g/mol. The van der Waals surface area contributed by atoms with Crippen LogP contribution >= 0.6 is 0 Å². The second-order valence-corrected chi connectivity index (χ2v) is 6.12. The third-order valence-corrected chi connectivity index (χ3v) is 2.92. The Bertz CT molecular complexity index is 341. The molecule has 0 heterocycles. The van der Waals surface area contributed by atoms with Crippen molar-refractivity contribution < 1.29 is 4.39 Å². The summed E-state index contributed by atoms with van der Waals surface area (Å²) in [5, 5.41) is 3.48. The van der Waals surface area contributed by atoms with Gasteiger partial charge >= 0.3 is 0 Å². The van der Waals surface area contributed by atoms with Crippen molar-refractivity contribution >= 4 is 5.69 Å². The third-order valence-electron chi connectivity index (χ3n) is 2.92. The maximum Gasteiger partial charge on any atom is 0.125 e. The number of hydrogen-bond donors (Lipinski definition) is 1. The van der Waals surface area contributed by atoms with E-state index < -0.39 is 0 Å². The quantitative estimate of drug-likeness (QED) is 0.749. The van der Waals surface area contributed by atoms with Crippen LogP contribution in [0.5, 0.6) is 0 Å². The van der Waals surface area contributed by atoms with E-state index in [1.807, 2.05) is 13.0 Å². The molecule has 0 aromatic heterocycles. The number of halogens is 1. The fraction of sp³-hybridized carbons (Fsp3) is 0.625. The summed E-state index contributed by atoms with van der Waals surface area (Å²) in [5.74, 6) is 1.14.